The van der Waals surface area contributed by atoms with E-state index in [4.69, 9.17) is 14.2 Å². The molecule has 0 aromatic heterocycles. The van der Waals surface area contributed by atoms with Crippen LogP contribution in [0.1, 0.15) is 18.9 Å². The Morgan fingerprint density at radius 3 is 2.37 bits per heavy atom. The second-order valence-corrected chi connectivity index (χ2v) is 7.13. The van der Waals surface area contributed by atoms with Crippen LogP contribution >= 0.6 is 0 Å². The monoisotopic (exact) mass is 412 g/mol. The van der Waals surface area contributed by atoms with E-state index in [-0.39, 0.29) is 18.2 Å². The van der Waals surface area contributed by atoms with Gasteiger partial charge in [0, 0.05) is 6.54 Å². The minimum Gasteiger partial charge on any atom is -0.494 e. The number of amides is 2. The maximum atomic E-state index is 13.0. The maximum Gasteiger partial charge on any atom is 0.251 e. The van der Waals surface area contributed by atoms with Crippen LogP contribution in [-0.4, -0.2) is 57.2 Å². The average molecular weight is 412 g/mol. The summed E-state index contributed by atoms with van der Waals surface area (Å²) in [6, 6.07) is 12.3. The number of imide groups is 1. The smallest absolute Gasteiger partial charge is 0.251 e. The molecule has 7 heteroatoms. The van der Waals surface area contributed by atoms with E-state index in [9.17, 15) is 9.59 Å². The minimum absolute atomic E-state index is 0.175. The van der Waals surface area contributed by atoms with Gasteiger partial charge in [-0.25, -0.2) is 4.90 Å². The lowest BCUT2D eigenvalue weighted by Gasteiger charge is -2.23. The first-order valence-electron chi connectivity index (χ1n) is 9.99. The van der Waals surface area contributed by atoms with Crippen LogP contribution in [0.3, 0.4) is 0 Å². The van der Waals surface area contributed by atoms with Crippen LogP contribution in [0.4, 0.5) is 5.69 Å². The van der Waals surface area contributed by atoms with Crippen LogP contribution in [0.15, 0.2) is 42.5 Å². The molecule has 160 valence electrons. The van der Waals surface area contributed by atoms with Crippen LogP contribution in [0.25, 0.3) is 0 Å². The predicted molar refractivity (Wildman–Crippen MR) is 114 cm³/mol. The summed E-state index contributed by atoms with van der Waals surface area (Å²) in [7, 11) is 5.08. The molecule has 0 aliphatic carbocycles. The molecule has 0 N–H and O–H groups in total. The van der Waals surface area contributed by atoms with Gasteiger partial charge in [0.15, 0.2) is 11.5 Å². The van der Waals surface area contributed by atoms with E-state index in [1.165, 1.54) is 4.90 Å². The van der Waals surface area contributed by atoms with Crippen molar-refractivity contribution in [2.75, 3.05) is 39.3 Å². The third kappa shape index (κ3) is 4.57. The number of hydrogen-bond acceptors (Lipinski definition) is 6. The molecule has 1 atom stereocenters. The summed E-state index contributed by atoms with van der Waals surface area (Å²) in [5.74, 6) is 1.68. The number of carbonyl (C=O) groups is 2. The van der Waals surface area contributed by atoms with Gasteiger partial charge in [-0.2, -0.15) is 0 Å². The Labute approximate surface area is 177 Å². The van der Waals surface area contributed by atoms with Gasteiger partial charge in [-0.1, -0.05) is 6.07 Å². The van der Waals surface area contributed by atoms with Crippen molar-refractivity contribution in [2.45, 2.75) is 25.8 Å². The lowest BCUT2D eigenvalue weighted by molar-refractivity contribution is -0.122. The Morgan fingerprint density at radius 1 is 1.03 bits per heavy atom. The zero-order valence-electron chi connectivity index (χ0n) is 17.9. The number of benzene rings is 2. The predicted octanol–water partition coefficient (Wildman–Crippen LogP) is 2.91. The Balaban J connectivity index is 1.65. The quantitative estimate of drug-likeness (QED) is 0.590. The third-order valence-electron chi connectivity index (χ3n) is 5.26. The normalized spacial score (nSPS) is 16.3. The molecule has 1 aliphatic heterocycles. The summed E-state index contributed by atoms with van der Waals surface area (Å²) in [6.45, 7) is 3.11. The number of ether oxygens (including phenoxy) is 3. The van der Waals surface area contributed by atoms with Crippen molar-refractivity contribution < 1.29 is 23.8 Å². The summed E-state index contributed by atoms with van der Waals surface area (Å²) >= 11 is 0. The van der Waals surface area contributed by atoms with Crippen molar-refractivity contribution in [3.05, 3.63) is 48.0 Å². The first kappa shape index (κ1) is 21.6. The molecule has 30 heavy (non-hydrogen) atoms. The molecule has 1 aliphatic rings. The van der Waals surface area contributed by atoms with E-state index >= 15 is 0 Å². The van der Waals surface area contributed by atoms with Crippen LogP contribution in [0.5, 0.6) is 17.2 Å². The van der Waals surface area contributed by atoms with Gasteiger partial charge in [0.2, 0.25) is 5.91 Å². The van der Waals surface area contributed by atoms with Gasteiger partial charge < -0.3 is 14.2 Å². The molecule has 2 aromatic rings. The Hall–Kier alpha value is -3.06. The zero-order valence-corrected chi connectivity index (χ0v) is 17.9. The van der Waals surface area contributed by atoms with Crippen LogP contribution < -0.4 is 19.1 Å². The van der Waals surface area contributed by atoms with Crippen molar-refractivity contribution >= 4 is 17.5 Å². The highest BCUT2D eigenvalue weighted by molar-refractivity contribution is 6.22. The molecule has 0 saturated carbocycles. The van der Waals surface area contributed by atoms with Crippen molar-refractivity contribution in [3.8, 4) is 17.2 Å². The van der Waals surface area contributed by atoms with Gasteiger partial charge in [-0.15, -0.1) is 0 Å². The van der Waals surface area contributed by atoms with Crippen molar-refractivity contribution in [3.63, 3.8) is 0 Å². The Morgan fingerprint density at radius 2 is 1.73 bits per heavy atom. The van der Waals surface area contributed by atoms with E-state index in [1.807, 2.05) is 37.1 Å². The summed E-state index contributed by atoms with van der Waals surface area (Å²) < 4.78 is 16.0. The molecule has 7 nitrogen and oxygen atoms in total. The fourth-order valence-corrected chi connectivity index (χ4v) is 3.59. The van der Waals surface area contributed by atoms with Crippen molar-refractivity contribution in [1.82, 2.24) is 4.90 Å². The van der Waals surface area contributed by atoms with Gasteiger partial charge in [-0.3, -0.25) is 14.5 Å². The van der Waals surface area contributed by atoms with E-state index in [0.717, 1.165) is 12.0 Å². The van der Waals surface area contributed by atoms with Gasteiger partial charge in [0.1, 0.15) is 5.75 Å². The molecule has 0 radical (unpaired) electrons. The second kappa shape index (κ2) is 9.63. The van der Waals surface area contributed by atoms with Gasteiger partial charge in [0.05, 0.1) is 39.0 Å². The number of likely N-dealkylation sites (N-methyl/N-ethyl adjacent to an activating group) is 1. The fraction of sp³-hybridized carbons (Fsp3) is 0.391. The average Bonchev–Trinajstić information content (AvgIpc) is 3.06. The number of methoxy groups -OCH3 is 2. The molecule has 1 fully saturated rings. The summed E-state index contributed by atoms with van der Waals surface area (Å²) in [5, 5.41) is 0. The van der Waals surface area contributed by atoms with E-state index < -0.39 is 6.04 Å². The first-order chi connectivity index (χ1) is 14.5. The largest absolute Gasteiger partial charge is 0.494 e. The standard InChI is InChI=1S/C23H28N2O5/c1-5-30-18-9-7-17(8-10-18)25-22(26)15-19(23(25)27)24(2)13-12-16-6-11-20(28-3)21(14-16)29-4/h6-11,14,19H,5,12-13,15H2,1-4H3/t19-/m0/s1. The molecular weight excluding hydrogens is 384 g/mol. The SMILES string of the molecule is CCOc1ccc(N2C(=O)C[C@H](N(C)CCc3ccc(OC)c(OC)c3)C2=O)cc1. The fourth-order valence-electron chi connectivity index (χ4n) is 3.59. The molecule has 2 amide bonds. The number of rotatable bonds is 9. The van der Waals surface area contributed by atoms with Gasteiger partial charge in [-0.05, 0) is 62.4 Å². The topological polar surface area (TPSA) is 68.3 Å². The Bertz CT molecular complexity index is 897. The minimum atomic E-state index is -0.468. The molecule has 2 aromatic carbocycles. The third-order valence-corrected chi connectivity index (χ3v) is 5.26. The highest BCUT2D eigenvalue weighted by Gasteiger charge is 2.41. The van der Waals surface area contributed by atoms with Gasteiger partial charge >= 0.3 is 0 Å². The summed E-state index contributed by atoms with van der Waals surface area (Å²) in [6.07, 6.45) is 0.895. The number of anilines is 1. The lowest BCUT2D eigenvalue weighted by atomic mass is 10.1. The number of hydrogen-bond donors (Lipinski definition) is 0. The summed E-state index contributed by atoms with van der Waals surface area (Å²) in [5.41, 5.74) is 1.64. The molecule has 0 unspecified atom stereocenters. The molecule has 1 saturated heterocycles. The van der Waals surface area contributed by atoms with Crippen molar-refractivity contribution in [1.29, 1.82) is 0 Å². The summed E-state index contributed by atoms with van der Waals surface area (Å²) in [4.78, 5) is 28.7. The molecule has 3 rings (SSSR count). The van der Waals surface area contributed by atoms with E-state index in [1.54, 1.807) is 38.5 Å². The number of nitrogens with zero attached hydrogens (tertiary/aromatic N) is 2. The first-order valence-corrected chi connectivity index (χ1v) is 9.99. The van der Waals surface area contributed by atoms with Crippen LogP contribution in [0, 0.1) is 0 Å². The zero-order chi connectivity index (χ0) is 21.7. The van der Waals surface area contributed by atoms with Crippen LogP contribution in [0.2, 0.25) is 0 Å². The Kier molecular flexibility index (Phi) is 6.95. The van der Waals surface area contributed by atoms with E-state index in [0.29, 0.717) is 36.1 Å². The van der Waals surface area contributed by atoms with Crippen molar-refractivity contribution in [2.24, 2.45) is 0 Å². The second-order valence-electron chi connectivity index (χ2n) is 7.13. The molecule has 0 bridgehead atoms. The maximum absolute atomic E-state index is 13.0. The highest BCUT2D eigenvalue weighted by Crippen LogP contribution is 2.29. The molecule has 0 spiro atoms. The lowest BCUT2D eigenvalue weighted by Crippen LogP contribution is -2.40. The van der Waals surface area contributed by atoms with Crippen LogP contribution in [-0.2, 0) is 16.0 Å². The number of carbonyl (C=O) groups excluding carboxylic acids is 2. The van der Waals surface area contributed by atoms with E-state index in [2.05, 4.69) is 0 Å². The highest BCUT2D eigenvalue weighted by atomic mass is 16.5. The molecular formula is C23H28N2O5. The van der Waals surface area contributed by atoms with Gasteiger partial charge in [0.25, 0.3) is 5.91 Å². The molecule has 1 heterocycles.